The number of cyclic esters (lactones) is 1. The van der Waals surface area contributed by atoms with Crippen molar-refractivity contribution in [3.05, 3.63) is 29.3 Å². The van der Waals surface area contributed by atoms with Crippen LogP contribution < -0.4 is 16.0 Å². The molecule has 0 bridgehead atoms. The molecule has 3 aliphatic heterocycles. The second kappa shape index (κ2) is 4.14. The molecular formula is C15H17N3O3. The van der Waals surface area contributed by atoms with Crippen LogP contribution in [0.25, 0.3) is 5.70 Å². The molecule has 110 valence electrons. The number of nitrogen functional groups attached to an aromatic ring is 1. The minimum absolute atomic E-state index is 0.0383. The van der Waals surface area contributed by atoms with Crippen LogP contribution in [0, 0.1) is 0 Å². The van der Waals surface area contributed by atoms with Gasteiger partial charge >= 0.3 is 5.97 Å². The molecule has 0 saturated carbocycles. The molecule has 1 saturated heterocycles. The third kappa shape index (κ3) is 1.79. The van der Waals surface area contributed by atoms with Crippen LogP contribution in [-0.4, -0.2) is 38.0 Å². The van der Waals surface area contributed by atoms with E-state index in [9.17, 15) is 4.79 Å². The second-order valence-corrected chi connectivity index (χ2v) is 5.77. The van der Waals surface area contributed by atoms with Crippen LogP contribution in [0.5, 0.6) is 0 Å². The van der Waals surface area contributed by atoms with E-state index in [0.717, 1.165) is 16.9 Å². The van der Waals surface area contributed by atoms with Gasteiger partial charge in [0.1, 0.15) is 12.7 Å². The standard InChI is InChI=1S/C15H17N3O3/c1-7-6-20-15(19)11-12(17-7)9-5-8(16)3-4-10(9)18(2)14-13(11)21-14/h3-5,7,13-14,17H,6,16H2,1-2H3/t7-,13?,14?/m0/s1. The number of fused-ring (bicyclic) bond motifs is 4. The van der Waals surface area contributed by atoms with Gasteiger partial charge in [-0.05, 0) is 25.1 Å². The summed E-state index contributed by atoms with van der Waals surface area (Å²) in [6.45, 7) is 2.33. The Morgan fingerprint density at radius 1 is 1.43 bits per heavy atom. The maximum absolute atomic E-state index is 12.3. The van der Waals surface area contributed by atoms with Gasteiger partial charge in [-0.2, -0.15) is 0 Å². The third-order valence-corrected chi connectivity index (χ3v) is 4.15. The number of benzene rings is 1. The van der Waals surface area contributed by atoms with Gasteiger partial charge in [0.15, 0.2) is 6.23 Å². The number of hydrogen-bond donors (Lipinski definition) is 2. The highest BCUT2D eigenvalue weighted by molar-refractivity contribution is 6.02. The minimum Gasteiger partial charge on any atom is -0.460 e. The van der Waals surface area contributed by atoms with Gasteiger partial charge in [0.2, 0.25) is 0 Å². The van der Waals surface area contributed by atoms with Crippen LogP contribution in [0.4, 0.5) is 11.4 Å². The van der Waals surface area contributed by atoms with Gasteiger partial charge < -0.3 is 25.4 Å². The molecule has 1 fully saturated rings. The van der Waals surface area contributed by atoms with Gasteiger partial charge in [0, 0.05) is 24.0 Å². The number of anilines is 2. The summed E-state index contributed by atoms with van der Waals surface area (Å²) in [5, 5.41) is 3.38. The summed E-state index contributed by atoms with van der Waals surface area (Å²) in [4.78, 5) is 14.4. The molecule has 2 unspecified atom stereocenters. The number of nitrogens with zero attached hydrogens (tertiary/aromatic N) is 1. The predicted octanol–water partition coefficient (Wildman–Crippen LogP) is 0.689. The van der Waals surface area contributed by atoms with Crippen LogP contribution in [0.3, 0.4) is 0 Å². The van der Waals surface area contributed by atoms with Crippen molar-refractivity contribution < 1.29 is 14.3 Å². The molecule has 21 heavy (non-hydrogen) atoms. The Labute approximate surface area is 122 Å². The normalized spacial score (nSPS) is 30.3. The number of carbonyl (C=O) groups is 1. The van der Waals surface area contributed by atoms with Crippen molar-refractivity contribution in [3.63, 3.8) is 0 Å². The van der Waals surface area contributed by atoms with Crippen molar-refractivity contribution in [3.8, 4) is 0 Å². The van der Waals surface area contributed by atoms with Gasteiger partial charge in [0.25, 0.3) is 0 Å². The van der Waals surface area contributed by atoms with Crippen LogP contribution in [0.15, 0.2) is 23.8 Å². The Morgan fingerprint density at radius 2 is 2.24 bits per heavy atom. The summed E-state index contributed by atoms with van der Waals surface area (Å²) < 4.78 is 11.0. The van der Waals surface area contributed by atoms with Gasteiger partial charge in [0.05, 0.1) is 17.3 Å². The van der Waals surface area contributed by atoms with E-state index >= 15 is 0 Å². The molecular weight excluding hydrogens is 270 g/mol. The van der Waals surface area contributed by atoms with Crippen molar-refractivity contribution in [2.45, 2.75) is 25.3 Å². The zero-order valence-corrected chi connectivity index (χ0v) is 11.9. The molecule has 6 heteroatoms. The number of hydrogen-bond acceptors (Lipinski definition) is 6. The van der Waals surface area contributed by atoms with E-state index in [4.69, 9.17) is 15.2 Å². The Kier molecular flexibility index (Phi) is 2.47. The van der Waals surface area contributed by atoms with E-state index in [1.165, 1.54) is 0 Å². The molecule has 3 N–H and O–H groups in total. The van der Waals surface area contributed by atoms with Gasteiger partial charge in [-0.25, -0.2) is 4.79 Å². The van der Waals surface area contributed by atoms with Crippen LogP contribution in [0.1, 0.15) is 12.5 Å². The maximum Gasteiger partial charge on any atom is 0.339 e. The molecule has 0 aromatic heterocycles. The third-order valence-electron chi connectivity index (χ3n) is 4.15. The lowest BCUT2D eigenvalue weighted by atomic mass is 10.0. The van der Waals surface area contributed by atoms with E-state index in [0.29, 0.717) is 17.9 Å². The SMILES string of the molecule is C[C@H]1COC(=O)C2=C(N1)c1cc(N)ccc1N(C)C1OC21. The Balaban J connectivity index is 1.96. The van der Waals surface area contributed by atoms with E-state index in [2.05, 4.69) is 5.32 Å². The lowest BCUT2D eigenvalue weighted by molar-refractivity contribution is -0.139. The van der Waals surface area contributed by atoms with Crippen LogP contribution in [-0.2, 0) is 14.3 Å². The molecule has 3 atom stereocenters. The van der Waals surface area contributed by atoms with E-state index in [-0.39, 0.29) is 24.3 Å². The first kappa shape index (κ1) is 12.5. The van der Waals surface area contributed by atoms with Crippen molar-refractivity contribution in [1.82, 2.24) is 5.32 Å². The summed E-state index contributed by atoms with van der Waals surface area (Å²) in [6, 6.07) is 5.75. The molecule has 4 rings (SSSR count). The van der Waals surface area contributed by atoms with Gasteiger partial charge in [-0.3, -0.25) is 0 Å². The van der Waals surface area contributed by atoms with E-state index in [1.54, 1.807) is 0 Å². The highest BCUT2D eigenvalue weighted by atomic mass is 16.6. The number of nitrogens with one attached hydrogen (secondary N) is 1. The number of likely N-dealkylation sites (N-methyl/N-ethyl adjacent to an activating group) is 1. The maximum atomic E-state index is 12.3. The monoisotopic (exact) mass is 287 g/mol. The molecule has 0 aliphatic carbocycles. The fourth-order valence-corrected chi connectivity index (χ4v) is 3.04. The largest absolute Gasteiger partial charge is 0.460 e. The Bertz CT molecular complexity index is 670. The second-order valence-electron chi connectivity index (χ2n) is 5.77. The number of epoxide rings is 1. The zero-order chi connectivity index (χ0) is 14.7. The Hall–Kier alpha value is -2.21. The molecule has 3 heterocycles. The molecule has 0 spiro atoms. The molecule has 6 nitrogen and oxygen atoms in total. The molecule has 0 amide bonds. The molecule has 1 aromatic rings. The summed E-state index contributed by atoms with van der Waals surface area (Å²) in [7, 11) is 1.96. The fourth-order valence-electron chi connectivity index (χ4n) is 3.04. The molecule has 1 aromatic carbocycles. The fraction of sp³-hybridized carbons (Fsp3) is 0.400. The van der Waals surface area contributed by atoms with Crippen molar-refractivity contribution >= 4 is 23.0 Å². The number of nitrogens with two attached hydrogens (primary N) is 1. The van der Waals surface area contributed by atoms with Crippen molar-refractivity contribution in [2.24, 2.45) is 0 Å². The number of carbonyl (C=O) groups excluding carboxylic acids is 1. The van der Waals surface area contributed by atoms with Crippen molar-refractivity contribution in [2.75, 3.05) is 24.3 Å². The quantitative estimate of drug-likeness (QED) is 0.415. The lowest BCUT2D eigenvalue weighted by Gasteiger charge is -2.22. The highest BCUT2D eigenvalue weighted by Gasteiger charge is 2.52. The van der Waals surface area contributed by atoms with Crippen molar-refractivity contribution in [1.29, 1.82) is 0 Å². The topological polar surface area (TPSA) is 80.1 Å². The average Bonchev–Trinajstić information content (AvgIpc) is 3.23. The zero-order valence-electron chi connectivity index (χ0n) is 11.9. The first-order valence-electron chi connectivity index (χ1n) is 7.02. The first-order valence-corrected chi connectivity index (χ1v) is 7.02. The van der Waals surface area contributed by atoms with Crippen LogP contribution >= 0.6 is 0 Å². The minimum atomic E-state index is -0.307. The summed E-state index contributed by atoms with van der Waals surface area (Å²) in [6.07, 6.45) is -0.369. The van der Waals surface area contributed by atoms with Gasteiger partial charge in [-0.15, -0.1) is 0 Å². The summed E-state index contributed by atoms with van der Waals surface area (Å²) in [5.74, 6) is -0.307. The average molecular weight is 287 g/mol. The predicted molar refractivity (Wildman–Crippen MR) is 78.4 cm³/mol. The number of ether oxygens (including phenoxy) is 2. The smallest absolute Gasteiger partial charge is 0.339 e. The first-order chi connectivity index (χ1) is 10.1. The van der Waals surface area contributed by atoms with E-state index < -0.39 is 0 Å². The molecule has 0 radical (unpaired) electrons. The van der Waals surface area contributed by atoms with E-state index in [1.807, 2.05) is 37.1 Å². The Morgan fingerprint density at radius 3 is 3.05 bits per heavy atom. The van der Waals surface area contributed by atoms with Gasteiger partial charge in [-0.1, -0.05) is 0 Å². The van der Waals surface area contributed by atoms with Crippen LogP contribution in [0.2, 0.25) is 0 Å². The lowest BCUT2D eigenvalue weighted by Crippen LogP contribution is -2.28. The molecule has 3 aliphatic rings. The highest BCUT2D eigenvalue weighted by Crippen LogP contribution is 2.44. The summed E-state index contributed by atoms with van der Waals surface area (Å²) >= 11 is 0. The summed E-state index contributed by atoms with van der Waals surface area (Å²) in [5.41, 5.74) is 9.88. The number of esters is 1. The number of rotatable bonds is 0.